The highest BCUT2D eigenvalue weighted by molar-refractivity contribution is 5.83. The van der Waals surface area contributed by atoms with Crippen LogP contribution in [0.25, 0.3) is 10.8 Å². The van der Waals surface area contributed by atoms with Crippen LogP contribution < -0.4 is 0 Å². The summed E-state index contributed by atoms with van der Waals surface area (Å²) in [6.07, 6.45) is -5.36. The maximum atomic E-state index is 12.0. The third-order valence-electron chi connectivity index (χ3n) is 5.09. The second kappa shape index (κ2) is 10.4. The van der Waals surface area contributed by atoms with E-state index < -0.39 is 54.4 Å². The number of fused-ring (bicyclic) bond motifs is 1. The Balaban J connectivity index is 2.09. The maximum Gasteiger partial charge on any atom is 0.303 e. The summed E-state index contributed by atoms with van der Waals surface area (Å²) in [5.41, 5.74) is 0.645. The smallest absolute Gasteiger partial charge is 0.303 e. The molecule has 9 nitrogen and oxygen atoms in total. The van der Waals surface area contributed by atoms with Crippen molar-refractivity contribution in [3.8, 4) is 0 Å². The van der Waals surface area contributed by atoms with Crippen molar-refractivity contribution in [3.05, 3.63) is 48.0 Å². The Morgan fingerprint density at radius 3 is 1.91 bits per heavy atom. The average Bonchev–Trinajstić information content (AvgIpc) is 2.74. The lowest BCUT2D eigenvalue weighted by Gasteiger charge is -2.44. The van der Waals surface area contributed by atoms with Crippen LogP contribution in [0.3, 0.4) is 0 Å². The predicted octanol–water partition coefficient (Wildman–Crippen LogP) is 2.64. The zero-order chi connectivity index (χ0) is 24.1. The van der Waals surface area contributed by atoms with Gasteiger partial charge in [0.2, 0.25) is 0 Å². The average molecular weight is 458 g/mol. The lowest BCUT2D eigenvalue weighted by Crippen LogP contribution is -2.59. The molecule has 176 valence electrons. The highest BCUT2D eigenvalue weighted by Crippen LogP contribution is 2.38. The second-order valence-corrected chi connectivity index (χ2v) is 7.73. The molecule has 0 unspecified atom stereocenters. The van der Waals surface area contributed by atoms with E-state index in [9.17, 15) is 19.2 Å². The van der Waals surface area contributed by atoms with Gasteiger partial charge < -0.3 is 23.7 Å². The van der Waals surface area contributed by atoms with Gasteiger partial charge in [-0.25, -0.2) is 0 Å². The molecule has 3 rings (SSSR count). The number of benzene rings is 2. The van der Waals surface area contributed by atoms with Gasteiger partial charge in [0.15, 0.2) is 18.3 Å². The molecule has 0 N–H and O–H groups in total. The van der Waals surface area contributed by atoms with Crippen LogP contribution in [-0.4, -0.2) is 54.9 Å². The van der Waals surface area contributed by atoms with Gasteiger partial charge in [0, 0.05) is 27.7 Å². The fraction of sp³-hybridized carbons (Fsp3) is 0.417. The number of rotatable bonds is 6. The molecule has 1 saturated heterocycles. The van der Waals surface area contributed by atoms with Gasteiger partial charge in [0.1, 0.15) is 18.8 Å². The van der Waals surface area contributed by atoms with Crippen molar-refractivity contribution in [2.45, 2.75) is 58.2 Å². The first kappa shape index (κ1) is 24.2. The highest BCUT2D eigenvalue weighted by atomic mass is 16.7. The van der Waals surface area contributed by atoms with Gasteiger partial charge in [0.25, 0.3) is 0 Å². The van der Waals surface area contributed by atoms with E-state index in [1.807, 2.05) is 42.5 Å². The standard InChI is InChI=1S/C24H26O9/c1-13(25)29-12-20-22(30-14(2)26)24(32-16(4)28)23(31-15(3)27)21(33-20)19-10-9-17-7-5-6-8-18(17)11-19/h5-11,20-24H,12H2,1-4H3/t20-,21+,22-,23+,24+/m1/s1. The van der Waals surface area contributed by atoms with E-state index in [-0.39, 0.29) is 6.61 Å². The number of carbonyl (C=O) groups excluding carboxylic acids is 4. The van der Waals surface area contributed by atoms with E-state index >= 15 is 0 Å². The first-order chi connectivity index (χ1) is 15.7. The summed E-state index contributed by atoms with van der Waals surface area (Å²) in [5, 5.41) is 1.91. The van der Waals surface area contributed by atoms with E-state index in [4.69, 9.17) is 23.7 Å². The quantitative estimate of drug-likeness (QED) is 0.476. The van der Waals surface area contributed by atoms with Crippen LogP contribution in [0.1, 0.15) is 39.4 Å². The molecular formula is C24H26O9. The molecular weight excluding hydrogens is 432 g/mol. The molecule has 1 fully saturated rings. The van der Waals surface area contributed by atoms with Gasteiger partial charge >= 0.3 is 23.9 Å². The number of hydrogen-bond acceptors (Lipinski definition) is 9. The van der Waals surface area contributed by atoms with E-state index in [1.54, 1.807) is 0 Å². The summed E-state index contributed by atoms with van der Waals surface area (Å²) in [6, 6.07) is 13.2. The minimum atomic E-state index is -1.19. The first-order valence-corrected chi connectivity index (χ1v) is 10.4. The monoisotopic (exact) mass is 458 g/mol. The maximum absolute atomic E-state index is 12.0. The highest BCUT2D eigenvalue weighted by Gasteiger charge is 2.52. The van der Waals surface area contributed by atoms with Crippen molar-refractivity contribution >= 4 is 34.6 Å². The van der Waals surface area contributed by atoms with Gasteiger partial charge in [0.05, 0.1) is 0 Å². The van der Waals surface area contributed by atoms with Crippen LogP contribution in [0.15, 0.2) is 42.5 Å². The molecule has 0 radical (unpaired) electrons. The van der Waals surface area contributed by atoms with E-state index in [1.165, 1.54) is 27.7 Å². The molecule has 1 aliphatic heterocycles. The van der Waals surface area contributed by atoms with Crippen LogP contribution in [0.2, 0.25) is 0 Å². The summed E-state index contributed by atoms with van der Waals surface area (Å²) in [4.78, 5) is 47.2. The Kier molecular flexibility index (Phi) is 7.65. The summed E-state index contributed by atoms with van der Waals surface area (Å²) in [6.45, 7) is 4.56. The van der Waals surface area contributed by atoms with Crippen molar-refractivity contribution in [2.75, 3.05) is 6.61 Å². The van der Waals surface area contributed by atoms with Crippen LogP contribution in [0.5, 0.6) is 0 Å². The van der Waals surface area contributed by atoms with Gasteiger partial charge in [-0.2, -0.15) is 0 Å². The molecule has 2 aromatic carbocycles. The Morgan fingerprint density at radius 2 is 1.30 bits per heavy atom. The molecule has 0 saturated carbocycles. The number of carbonyl (C=O) groups is 4. The minimum Gasteiger partial charge on any atom is -0.463 e. The van der Waals surface area contributed by atoms with E-state index in [0.29, 0.717) is 5.56 Å². The Morgan fingerprint density at radius 1 is 0.727 bits per heavy atom. The van der Waals surface area contributed by atoms with Crippen LogP contribution >= 0.6 is 0 Å². The fourth-order valence-electron chi connectivity index (χ4n) is 3.88. The first-order valence-electron chi connectivity index (χ1n) is 10.4. The van der Waals surface area contributed by atoms with Gasteiger partial charge in [-0.15, -0.1) is 0 Å². The molecule has 2 aromatic rings. The zero-order valence-electron chi connectivity index (χ0n) is 18.8. The second-order valence-electron chi connectivity index (χ2n) is 7.73. The van der Waals surface area contributed by atoms with Crippen molar-refractivity contribution in [1.82, 2.24) is 0 Å². The molecule has 0 spiro atoms. The molecule has 0 aliphatic carbocycles. The van der Waals surface area contributed by atoms with E-state index in [0.717, 1.165) is 10.8 Å². The van der Waals surface area contributed by atoms with E-state index in [2.05, 4.69) is 0 Å². The van der Waals surface area contributed by atoms with Crippen molar-refractivity contribution in [1.29, 1.82) is 0 Å². The molecule has 0 aromatic heterocycles. The Bertz CT molecular complexity index is 1050. The number of ether oxygens (including phenoxy) is 5. The Labute approximate surface area is 190 Å². The largest absolute Gasteiger partial charge is 0.463 e. The number of hydrogen-bond donors (Lipinski definition) is 0. The van der Waals surface area contributed by atoms with Gasteiger partial charge in [-0.3, -0.25) is 19.2 Å². The summed E-state index contributed by atoms with van der Waals surface area (Å²) < 4.78 is 27.7. The molecule has 5 atom stereocenters. The lowest BCUT2D eigenvalue weighted by atomic mass is 9.89. The molecule has 0 bridgehead atoms. The molecule has 0 amide bonds. The number of esters is 4. The van der Waals surface area contributed by atoms with Crippen LogP contribution in [-0.2, 0) is 42.9 Å². The summed E-state index contributed by atoms with van der Waals surface area (Å²) in [7, 11) is 0. The zero-order valence-corrected chi connectivity index (χ0v) is 18.8. The normalized spacial score (nSPS) is 24.5. The lowest BCUT2D eigenvalue weighted by molar-refractivity contribution is -0.254. The van der Waals surface area contributed by atoms with Crippen LogP contribution in [0.4, 0.5) is 0 Å². The predicted molar refractivity (Wildman–Crippen MR) is 115 cm³/mol. The molecule has 9 heteroatoms. The third-order valence-corrected chi connectivity index (χ3v) is 5.09. The van der Waals surface area contributed by atoms with Crippen molar-refractivity contribution in [3.63, 3.8) is 0 Å². The topological polar surface area (TPSA) is 114 Å². The molecule has 33 heavy (non-hydrogen) atoms. The molecule has 1 heterocycles. The third kappa shape index (κ3) is 6.07. The summed E-state index contributed by atoms with van der Waals surface area (Å²) >= 11 is 0. The van der Waals surface area contributed by atoms with Gasteiger partial charge in [-0.05, 0) is 22.4 Å². The SMILES string of the molecule is CC(=O)OC[C@H]1O[C@@H](c2ccc3ccccc3c2)[C@H](OC(C)=O)[C@@H](OC(C)=O)[C@@H]1OC(C)=O. The Hall–Kier alpha value is -3.46. The fourth-order valence-corrected chi connectivity index (χ4v) is 3.88. The molecule has 1 aliphatic rings. The summed E-state index contributed by atoms with van der Waals surface area (Å²) in [5.74, 6) is -2.53. The van der Waals surface area contributed by atoms with Crippen LogP contribution in [0, 0.1) is 0 Å². The van der Waals surface area contributed by atoms with Crippen molar-refractivity contribution in [2.24, 2.45) is 0 Å². The van der Waals surface area contributed by atoms with Gasteiger partial charge in [-0.1, -0.05) is 36.4 Å². The van der Waals surface area contributed by atoms with Crippen molar-refractivity contribution < 1.29 is 42.9 Å². The minimum absolute atomic E-state index is 0.262.